The molecule has 0 fully saturated rings. The lowest BCUT2D eigenvalue weighted by Crippen LogP contribution is -2.29. The van der Waals surface area contributed by atoms with Gasteiger partial charge in [0.25, 0.3) is 0 Å². The standard InChI is InChI=1S/C12H17F2N/c1-3-12(2,8-15)7-9-6-10(13)4-5-11(9)14/h4-6H,3,7-8,15H2,1-2H3. The van der Waals surface area contributed by atoms with E-state index in [0.717, 1.165) is 18.6 Å². The molecule has 1 aromatic rings. The van der Waals surface area contributed by atoms with Crippen molar-refractivity contribution in [3.63, 3.8) is 0 Å². The molecule has 0 radical (unpaired) electrons. The van der Waals surface area contributed by atoms with Gasteiger partial charge in [0.05, 0.1) is 0 Å². The van der Waals surface area contributed by atoms with Crippen molar-refractivity contribution < 1.29 is 8.78 Å². The summed E-state index contributed by atoms with van der Waals surface area (Å²) < 4.78 is 26.3. The van der Waals surface area contributed by atoms with Crippen molar-refractivity contribution in [1.82, 2.24) is 0 Å². The average molecular weight is 213 g/mol. The Balaban J connectivity index is 2.92. The molecule has 0 bridgehead atoms. The van der Waals surface area contributed by atoms with Gasteiger partial charge in [-0.1, -0.05) is 13.8 Å². The second kappa shape index (κ2) is 4.71. The Morgan fingerprint density at radius 3 is 2.53 bits per heavy atom. The van der Waals surface area contributed by atoms with E-state index in [0.29, 0.717) is 18.5 Å². The van der Waals surface area contributed by atoms with Crippen LogP contribution in [0.25, 0.3) is 0 Å². The highest BCUT2D eigenvalue weighted by Crippen LogP contribution is 2.26. The summed E-state index contributed by atoms with van der Waals surface area (Å²) >= 11 is 0. The predicted octanol–water partition coefficient (Wildman–Crippen LogP) is 2.88. The highest BCUT2D eigenvalue weighted by Gasteiger charge is 2.22. The fraction of sp³-hybridized carbons (Fsp3) is 0.500. The molecule has 0 heterocycles. The van der Waals surface area contributed by atoms with Crippen molar-refractivity contribution in [2.45, 2.75) is 26.7 Å². The summed E-state index contributed by atoms with van der Waals surface area (Å²) in [7, 11) is 0. The maximum absolute atomic E-state index is 13.4. The molecule has 1 atom stereocenters. The maximum atomic E-state index is 13.4. The number of benzene rings is 1. The molecule has 1 rings (SSSR count). The van der Waals surface area contributed by atoms with Gasteiger partial charge in [0.2, 0.25) is 0 Å². The molecule has 1 unspecified atom stereocenters. The molecule has 0 amide bonds. The topological polar surface area (TPSA) is 26.0 Å². The Bertz CT molecular complexity index is 332. The molecule has 0 aromatic heterocycles. The average Bonchev–Trinajstić information content (AvgIpc) is 2.23. The first-order chi connectivity index (χ1) is 7.00. The summed E-state index contributed by atoms with van der Waals surface area (Å²) in [6.45, 7) is 4.46. The number of rotatable bonds is 4. The molecule has 2 N–H and O–H groups in total. The minimum Gasteiger partial charge on any atom is -0.330 e. The molecule has 0 saturated carbocycles. The summed E-state index contributed by atoms with van der Waals surface area (Å²) in [6, 6.07) is 3.54. The number of halogens is 2. The molecule has 0 aliphatic carbocycles. The van der Waals surface area contributed by atoms with E-state index in [1.807, 2.05) is 13.8 Å². The van der Waals surface area contributed by atoms with Crippen molar-refractivity contribution in [2.75, 3.05) is 6.54 Å². The highest BCUT2D eigenvalue weighted by atomic mass is 19.1. The molecule has 3 heteroatoms. The zero-order valence-corrected chi connectivity index (χ0v) is 9.19. The molecule has 0 aliphatic rings. The van der Waals surface area contributed by atoms with Gasteiger partial charge in [-0.3, -0.25) is 0 Å². The first kappa shape index (κ1) is 12.1. The second-order valence-corrected chi connectivity index (χ2v) is 4.28. The van der Waals surface area contributed by atoms with E-state index in [4.69, 9.17) is 5.73 Å². The minimum absolute atomic E-state index is 0.158. The van der Waals surface area contributed by atoms with Crippen molar-refractivity contribution in [2.24, 2.45) is 11.1 Å². The Morgan fingerprint density at radius 1 is 1.33 bits per heavy atom. The predicted molar refractivity (Wildman–Crippen MR) is 57.5 cm³/mol. The lowest BCUT2D eigenvalue weighted by Gasteiger charge is -2.26. The van der Waals surface area contributed by atoms with Gasteiger partial charge in [0.15, 0.2) is 0 Å². The summed E-state index contributed by atoms with van der Waals surface area (Å²) in [4.78, 5) is 0. The molecule has 1 aromatic carbocycles. The van der Waals surface area contributed by atoms with Crippen LogP contribution in [0.2, 0.25) is 0 Å². The van der Waals surface area contributed by atoms with E-state index in [-0.39, 0.29) is 11.2 Å². The van der Waals surface area contributed by atoms with Gasteiger partial charge in [-0.2, -0.15) is 0 Å². The molecule has 0 aliphatic heterocycles. The van der Waals surface area contributed by atoms with Gasteiger partial charge in [-0.05, 0) is 48.6 Å². The first-order valence-electron chi connectivity index (χ1n) is 5.15. The zero-order valence-electron chi connectivity index (χ0n) is 9.19. The molecule has 0 saturated heterocycles. The van der Waals surface area contributed by atoms with Crippen LogP contribution in [0.15, 0.2) is 18.2 Å². The molecule has 0 spiro atoms. The SMILES string of the molecule is CCC(C)(CN)Cc1cc(F)ccc1F. The lowest BCUT2D eigenvalue weighted by atomic mass is 9.81. The van der Waals surface area contributed by atoms with E-state index in [2.05, 4.69) is 0 Å². The minimum atomic E-state index is -0.401. The Labute approximate surface area is 89.3 Å². The van der Waals surface area contributed by atoms with Crippen molar-refractivity contribution in [3.8, 4) is 0 Å². The smallest absolute Gasteiger partial charge is 0.126 e. The van der Waals surface area contributed by atoms with Crippen LogP contribution in [0.4, 0.5) is 8.78 Å². The van der Waals surface area contributed by atoms with Crippen LogP contribution in [-0.2, 0) is 6.42 Å². The van der Waals surface area contributed by atoms with Gasteiger partial charge in [-0.15, -0.1) is 0 Å². The molecular formula is C12H17F2N. The monoisotopic (exact) mass is 213 g/mol. The van der Waals surface area contributed by atoms with Crippen LogP contribution in [0.1, 0.15) is 25.8 Å². The highest BCUT2D eigenvalue weighted by molar-refractivity contribution is 5.20. The Morgan fingerprint density at radius 2 is 2.00 bits per heavy atom. The van der Waals surface area contributed by atoms with Crippen LogP contribution in [-0.4, -0.2) is 6.54 Å². The van der Waals surface area contributed by atoms with Crippen LogP contribution in [0.3, 0.4) is 0 Å². The Hall–Kier alpha value is -0.960. The number of nitrogens with two attached hydrogens (primary N) is 1. The fourth-order valence-corrected chi connectivity index (χ4v) is 1.48. The largest absolute Gasteiger partial charge is 0.330 e. The second-order valence-electron chi connectivity index (χ2n) is 4.28. The van der Waals surface area contributed by atoms with E-state index < -0.39 is 5.82 Å². The third-order valence-electron chi connectivity index (χ3n) is 2.97. The zero-order chi connectivity index (χ0) is 11.5. The van der Waals surface area contributed by atoms with Crippen LogP contribution in [0, 0.1) is 17.0 Å². The normalized spacial score (nSPS) is 15.0. The third-order valence-corrected chi connectivity index (χ3v) is 2.97. The van der Waals surface area contributed by atoms with E-state index in [9.17, 15) is 8.78 Å². The number of hydrogen-bond acceptors (Lipinski definition) is 1. The van der Waals surface area contributed by atoms with Crippen LogP contribution < -0.4 is 5.73 Å². The van der Waals surface area contributed by atoms with Crippen molar-refractivity contribution >= 4 is 0 Å². The van der Waals surface area contributed by atoms with Gasteiger partial charge < -0.3 is 5.73 Å². The summed E-state index contributed by atoms with van der Waals surface area (Å²) in [6.07, 6.45) is 1.32. The number of hydrogen-bond donors (Lipinski definition) is 1. The van der Waals surface area contributed by atoms with Crippen molar-refractivity contribution in [1.29, 1.82) is 0 Å². The van der Waals surface area contributed by atoms with Gasteiger partial charge in [0, 0.05) is 0 Å². The third kappa shape index (κ3) is 2.99. The molecule has 15 heavy (non-hydrogen) atoms. The molecular weight excluding hydrogens is 196 g/mol. The lowest BCUT2D eigenvalue weighted by molar-refractivity contribution is 0.315. The maximum Gasteiger partial charge on any atom is 0.126 e. The fourth-order valence-electron chi connectivity index (χ4n) is 1.48. The van der Waals surface area contributed by atoms with E-state index in [1.165, 1.54) is 6.07 Å². The van der Waals surface area contributed by atoms with Gasteiger partial charge in [0.1, 0.15) is 11.6 Å². The van der Waals surface area contributed by atoms with Gasteiger partial charge >= 0.3 is 0 Å². The van der Waals surface area contributed by atoms with Crippen LogP contribution in [0.5, 0.6) is 0 Å². The molecule has 84 valence electrons. The van der Waals surface area contributed by atoms with Crippen molar-refractivity contribution in [3.05, 3.63) is 35.4 Å². The first-order valence-corrected chi connectivity index (χ1v) is 5.15. The Kier molecular flexibility index (Phi) is 3.80. The van der Waals surface area contributed by atoms with Crippen LogP contribution >= 0.6 is 0 Å². The summed E-state index contributed by atoms with van der Waals surface area (Å²) in [5.74, 6) is -0.758. The quantitative estimate of drug-likeness (QED) is 0.817. The summed E-state index contributed by atoms with van der Waals surface area (Å²) in [5, 5.41) is 0. The van der Waals surface area contributed by atoms with Gasteiger partial charge in [-0.25, -0.2) is 8.78 Å². The summed E-state index contributed by atoms with van der Waals surface area (Å²) in [5.41, 5.74) is 5.89. The molecule has 1 nitrogen and oxygen atoms in total. The van der Waals surface area contributed by atoms with E-state index in [1.54, 1.807) is 0 Å². The van der Waals surface area contributed by atoms with E-state index >= 15 is 0 Å².